The van der Waals surface area contributed by atoms with Gasteiger partial charge < -0.3 is 17.1 Å². The maximum Gasteiger partial charge on any atom is -1.00 e. The zero-order valence-electron chi connectivity index (χ0n) is 12.2. The Hall–Kier alpha value is 1.23. The molecule has 1 atom stereocenters. The van der Waals surface area contributed by atoms with Crippen LogP contribution in [-0.2, 0) is 4.74 Å². The second-order valence-electron chi connectivity index (χ2n) is 5.45. The smallest absolute Gasteiger partial charge is 1.00 e. The van der Waals surface area contributed by atoms with Crippen LogP contribution in [-0.4, -0.2) is 43.0 Å². The van der Waals surface area contributed by atoms with Crippen LogP contribution >= 0.6 is 0 Å². The Morgan fingerprint density at radius 2 is 1.53 bits per heavy atom. The maximum absolute atomic E-state index is 4.94. The van der Waals surface area contributed by atoms with Gasteiger partial charge in [0.1, 0.15) is 0 Å². The quantitative estimate of drug-likeness (QED) is 0.610. The predicted molar refractivity (Wildman–Crippen MR) is 77.2 cm³/mol. The van der Waals surface area contributed by atoms with Crippen LogP contribution in [0, 0.1) is 0 Å². The molecule has 1 unspecified atom stereocenters. The van der Waals surface area contributed by atoms with Crippen molar-refractivity contribution in [1.29, 1.82) is 0 Å². The third-order valence-corrected chi connectivity index (χ3v) is 8.47. The molecular formula is C13H29ClMgOSi. The zero-order chi connectivity index (χ0) is 12.4. The van der Waals surface area contributed by atoms with E-state index >= 15 is 0 Å². The minimum atomic E-state index is -0.694. The fourth-order valence-corrected chi connectivity index (χ4v) is 4.82. The van der Waals surface area contributed by atoms with Gasteiger partial charge in [0.15, 0.2) is 0 Å². The summed E-state index contributed by atoms with van der Waals surface area (Å²) in [7, 11) is -0.694. The summed E-state index contributed by atoms with van der Waals surface area (Å²) in [6.07, 6.45) is 7.08. The molecule has 0 aromatic heterocycles. The predicted octanol–water partition coefficient (Wildman–Crippen LogP) is 1.27. The number of rotatable bonds is 0. The summed E-state index contributed by atoms with van der Waals surface area (Å²) in [5.41, 5.74) is 1.09. The molecule has 0 saturated carbocycles. The molecule has 0 N–H and O–H groups in total. The molecule has 4 heteroatoms. The average Bonchev–Trinajstić information content (AvgIpc) is 2.84. The van der Waals surface area contributed by atoms with Crippen molar-refractivity contribution in [2.45, 2.75) is 68.8 Å². The summed E-state index contributed by atoms with van der Waals surface area (Å²) in [6, 6.07) is 1.58. The molecule has 2 saturated heterocycles. The van der Waals surface area contributed by atoms with Gasteiger partial charge >= 0.3 is 26.8 Å². The van der Waals surface area contributed by atoms with Crippen molar-refractivity contribution in [3.63, 3.8) is 0 Å². The Kier molecular flexibility index (Phi) is 14.8. The third kappa shape index (κ3) is 9.77. The molecular weight excluding hydrogens is 260 g/mol. The average molecular weight is 289 g/mol. The molecule has 1 nitrogen and oxygen atoms in total. The first-order chi connectivity index (χ1) is 7.63. The summed E-state index contributed by atoms with van der Waals surface area (Å²) in [5.74, 6) is 0. The Morgan fingerprint density at radius 1 is 1.00 bits per heavy atom. The van der Waals surface area contributed by atoms with Crippen LogP contribution in [0.3, 0.4) is 0 Å². The number of ether oxygens (including phenoxy) is 1. The van der Waals surface area contributed by atoms with E-state index in [1.54, 1.807) is 6.04 Å². The van der Waals surface area contributed by atoms with E-state index in [-0.39, 0.29) is 12.4 Å². The summed E-state index contributed by atoms with van der Waals surface area (Å²) < 4.78 is 4.94. The van der Waals surface area contributed by atoms with Gasteiger partial charge in [-0.15, -0.1) is 0 Å². The largest absolute Gasteiger partial charge is 1.00 e. The first-order valence-electron chi connectivity index (χ1n) is 6.91. The van der Waals surface area contributed by atoms with E-state index in [0.717, 1.165) is 18.8 Å². The van der Waals surface area contributed by atoms with Crippen molar-refractivity contribution >= 4 is 29.8 Å². The van der Waals surface area contributed by atoms with Gasteiger partial charge in [0.2, 0.25) is 0 Å². The minimum Gasteiger partial charge on any atom is -1.00 e. The molecule has 0 aromatic rings. The Balaban J connectivity index is 0. The number of hydrogen-bond donors (Lipinski definition) is 0. The molecule has 0 bridgehead atoms. The topological polar surface area (TPSA) is 9.23 Å². The molecule has 2 fully saturated rings. The van der Waals surface area contributed by atoms with Crippen molar-refractivity contribution in [2.75, 3.05) is 13.2 Å². The molecule has 2 aliphatic heterocycles. The molecule has 100 valence electrons. The summed E-state index contributed by atoms with van der Waals surface area (Å²) >= 11 is 1.86. The van der Waals surface area contributed by atoms with Crippen molar-refractivity contribution in [1.82, 2.24) is 0 Å². The van der Waals surface area contributed by atoms with Gasteiger partial charge in [-0.1, -0.05) is 45.3 Å². The van der Waals surface area contributed by atoms with Gasteiger partial charge in [0, 0.05) is 13.2 Å². The summed E-state index contributed by atoms with van der Waals surface area (Å²) in [5, 5.41) is 2.03. The fraction of sp³-hybridized carbons (Fsp3) is 1.00. The molecule has 2 heterocycles. The van der Waals surface area contributed by atoms with E-state index in [1.807, 2.05) is 26.8 Å². The molecule has 2 rings (SSSR count). The van der Waals surface area contributed by atoms with Gasteiger partial charge in [-0.25, -0.2) is 0 Å². The summed E-state index contributed by atoms with van der Waals surface area (Å²) in [6.45, 7) is 9.53. The standard InChI is InChI=1S/C8H18Si.C4H8O.CH3.ClH.Mg/c1-8-6-4-5-7-9(8,2)3;1-2-4-5-3-1;;;/h8H,4-7H2,1-3H3;1-4H2;1H3;1H;/q;;;;+1/p-1. The molecule has 0 spiro atoms. The molecule has 0 amide bonds. The van der Waals surface area contributed by atoms with Crippen molar-refractivity contribution in [3.05, 3.63) is 0 Å². The van der Waals surface area contributed by atoms with Crippen LogP contribution in [0.4, 0.5) is 0 Å². The van der Waals surface area contributed by atoms with E-state index in [0.29, 0.717) is 0 Å². The van der Waals surface area contributed by atoms with E-state index in [4.69, 9.17) is 4.74 Å². The van der Waals surface area contributed by atoms with Crippen LogP contribution in [0.2, 0.25) is 29.7 Å². The first-order valence-corrected chi connectivity index (χ1v) is 11.6. The van der Waals surface area contributed by atoms with Gasteiger partial charge in [-0.3, -0.25) is 0 Å². The van der Waals surface area contributed by atoms with E-state index in [1.165, 1.54) is 32.1 Å². The van der Waals surface area contributed by atoms with Gasteiger partial charge in [0.05, 0.1) is 8.07 Å². The number of halogens is 1. The van der Waals surface area contributed by atoms with Crippen molar-refractivity contribution in [3.8, 4) is 0 Å². The Labute approximate surface area is 128 Å². The number of hydrogen-bond acceptors (Lipinski definition) is 1. The zero-order valence-corrected chi connectivity index (χ0v) is 15.4. The first kappa shape index (κ1) is 20.5. The van der Waals surface area contributed by atoms with Gasteiger partial charge in [-0.2, -0.15) is 0 Å². The second-order valence-corrected chi connectivity index (χ2v) is 10.9. The van der Waals surface area contributed by atoms with Crippen LogP contribution in [0.15, 0.2) is 0 Å². The molecule has 0 aliphatic carbocycles. The minimum absolute atomic E-state index is 0. The second kappa shape index (κ2) is 12.3. The Morgan fingerprint density at radius 3 is 1.76 bits per heavy atom. The van der Waals surface area contributed by atoms with Crippen LogP contribution in [0.5, 0.6) is 0 Å². The van der Waals surface area contributed by atoms with Crippen molar-refractivity contribution < 1.29 is 17.1 Å². The van der Waals surface area contributed by atoms with E-state index < -0.39 is 8.07 Å². The fourth-order valence-electron chi connectivity index (χ4n) is 2.18. The van der Waals surface area contributed by atoms with E-state index in [2.05, 4.69) is 20.0 Å². The maximum atomic E-state index is 4.94. The Bertz CT molecular complexity index is 156. The van der Waals surface area contributed by atoms with E-state index in [9.17, 15) is 0 Å². The monoisotopic (exact) mass is 288 g/mol. The molecule has 17 heavy (non-hydrogen) atoms. The van der Waals surface area contributed by atoms with Crippen LogP contribution in [0.25, 0.3) is 0 Å². The van der Waals surface area contributed by atoms with Crippen LogP contribution < -0.4 is 12.4 Å². The molecule has 2 aliphatic rings. The van der Waals surface area contributed by atoms with Gasteiger partial charge in [-0.05, 0) is 18.4 Å². The SMILES string of the molecule is C1CCOC1.CC1CCCC[Si]1(C)C.[CH3][Mg+].[Cl-]. The third-order valence-electron chi connectivity index (χ3n) is 3.87. The van der Waals surface area contributed by atoms with Gasteiger partial charge in [0.25, 0.3) is 0 Å². The van der Waals surface area contributed by atoms with Crippen LogP contribution in [0.1, 0.15) is 39.0 Å². The molecule has 0 radical (unpaired) electrons. The van der Waals surface area contributed by atoms with Crippen molar-refractivity contribution in [2.24, 2.45) is 0 Å². The molecule has 0 aromatic carbocycles. The normalized spacial score (nSPS) is 25.6. The summed E-state index contributed by atoms with van der Waals surface area (Å²) in [4.78, 5) is 0.